The van der Waals surface area contributed by atoms with Crippen LogP contribution in [0, 0.1) is 0 Å². The third-order valence-corrected chi connectivity index (χ3v) is 3.19. The van der Waals surface area contributed by atoms with Crippen LogP contribution in [0.1, 0.15) is 77.0 Å². The van der Waals surface area contributed by atoms with E-state index in [9.17, 15) is 9.59 Å². The Balaban J connectivity index is 3.10. The van der Waals surface area contributed by atoms with E-state index in [4.69, 9.17) is 10.2 Å². The first-order valence-corrected chi connectivity index (χ1v) is 7.71. The molecule has 0 saturated heterocycles. The van der Waals surface area contributed by atoms with Gasteiger partial charge >= 0.3 is 11.9 Å². The molecule has 0 bridgehead atoms. The maximum atomic E-state index is 10.3. The lowest BCUT2D eigenvalue weighted by Gasteiger charge is -2.00. The minimum absolute atomic E-state index is 0.256. The van der Waals surface area contributed by atoms with Crippen molar-refractivity contribution in [1.29, 1.82) is 0 Å². The van der Waals surface area contributed by atoms with Gasteiger partial charge in [-0.25, -0.2) is 0 Å². The fourth-order valence-corrected chi connectivity index (χ4v) is 2.03. The van der Waals surface area contributed by atoms with Gasteiger partial charge in [-0.2, -0.15) is 0 Å². The molecule has 0 aliphatic carbocycles. The summed E-state index contributed by atoms with van der Waals surface area (Å²) in [6, 6.07) is 0. The molecule has 0 aliphatic rings. The maximum absolute atomic E-state index is 10.3. The molecule has 4 nitrogen and oxygen atoms in total. The van der Waals surface area contributed by atoms with Crippen molar-refractivity contribution in [3.8, 4) is 0 Å². The van der Waals surface area contributed by atoms with Gasteiger partial charge in [0.2, 0.25) is 0 Å². The van der Waals surface area contributed by atoms with Crippen molar-refractivity contribution in [2.24, 2.45) is 0 Å². The molecular weight excluding hydrogens is 256 g/mol. The summed E-state index contributed by atoms with van der Waals surface area (Å²) in [4.78, 5) is 20.6. The van der Waals surface area contributed by atoms with Crippen molar-refractivity contribution < 1.29 is 19.8 Å². The van der Waals surface area contributed by atoms with E-state index >= 15 is 0 Å². The highest BCUT2D eigenvalue weighted by Crippen LogP contribution is 2.10. The first kappa shape index (κ1) is 18.7. The molecule has 2 N–H and O–H groups in total. The average Bonchev–Trinajstić information content (AvgIpc) is 2.38. The first-order valence-electron chi connectivity index (χ1n) is 7.71. The zero-order valence-corrected chi connectivity index (χ0v) is 12.4. The van der Waals surface area contributed by atoms with Crippen molar-refractivity contribution in [3.63, 3.8) is 0 Å². The Kier molecular flexibility index (Phi) is 13.2. The molecule has 0 amide bonds. The van der Waals surface area contributed by atoms with Crippen LogP contribution in [0.2, 0.25) is 0 Å². The third kappa shape index (κ3) is 16.7. The summed E-state index contributed by atoms with van der Waals surface area (Å²) in [5, 5.41) is 16.9. The molecule has 0 aromatic heterocycles. The van der Waals surface area contributed by atoms with E-state index in [1.165, 1.54) is 25.7 Å². The second kappa shape index (κ2) is 14.1. The van der Waals surface area contributed by atoms with E-state index in [1.807, 2.05) is 0 Å². The van der Waals surface area contributed by atoms with E-state index in [0.29, 0.717) is 6.42 Å². The van der Waals surface area contributed by atoms with Gasteiger partial charge in [-0.05, 0) is 32.1 Å². The van der Waals surface area contributed by atoms with E-state index in [-0.39, 0.29) is 6.42 Å². The van der Waals surface area contributed by atoms with Crippen molar-refractivity contribution >= 4 is 11.9 Å². The van der Waals surface area contributed by atoms with Gasteiger partial charge in [0.05, 0.1) is 0 Å². The van der Waals surface area contributed by atoms with Gasteiger partial charge in [-0.1, -0.05) is 44.3 Å². The number of aliphatic carboxylic acids is 2. The standard InChI is InChI=1S/C16H28O4/c17-15(18)13-11-9-7-5-3-1-2-4-6-8-10-12-14-16(19)20/h5,7H,1-4,6,8-14H2,(H,17,18)(H,19,20)/b7-5-. The summed E-state index contributed by atoms with van der Waals surface area (Å²) in [6.45, 7) is 0. The van der Waals surface area contributed by atoms with E-state index < -0.39 is 11.9 Å². The average molecular weight is 284 g/mol. The maximum Gasteiger partial charge on any atom is 0.303 e. The summed E-state index contributed by atoms with van der Waals surface area (Å²) in [5.74, 6) is -1.41. The predicted molar refractivity (Wildman–Crippen MR) is 79.8 cm³/mol. The van der Waals surface area contributed by atoms with Crippen molar-refractivity contribution in [1.82, 2.24) is 0 Å². The summed E-state index contributed by atoms with van der Waals surface area (Å²) >= 11 is 0. The van der Waals surface area contributed by atoms with Crippen molar-refractivity contribution in [2.45, 2.75) is 77.0 Å². The van der Waals surface area contributed by atoms with Crippen LogP contribution in [0.3, 0.4) is 0 Å². The molecule has 0 saturated carbocycles. The number of unbranched alkanes of at least 4 members (excludes halogenated alkanes) is 8. The molecule has 116 valence electrons. The molecule has 0 unspecified atom stereocenters. The Morgan fingerprint density at radius 1 is 0.600 bits per heavy atom. The lowest BCUT2D eigenvalue weighted by Crippen LogP contribution is -1.93. The Labute approximate surface area is 121 Å². The third-order valence-electron chi connectivity index (χ3n) is 3.19. The Morgan fingerprint density at radius 3 is 1.55 bits per heavy atom. The molecule has 0 atom stereocenters. The number of carboxylic acid groups (broad SMARTS) is 2. The van der Waals surface area contributed by atoms with Gasteiger partial charge in [0.25, 0.3) is 0 Å². The fraction of sp³-hybridized carbons (Fsp3) is 0.750. The minimum Gasteiger partial charge on any atom is -0.481 e. The van der Waals surface area contributed by atoms with Crippen molar-refractivity contribution in [3.05, 3.63) is 12.2 Å². The zero-order chi connectivity index (χ0) is 15.1. The second-order valence-electron chi connectivity index (χ2n) is 5.16. The summed E-state index contributed by atoms with van der Waals surface area (Å²) in [5.41, 5.74) is 0. The molecule has 0 aromatic carbocycles. The van der Waals surface area contributed by atoms with Crippen molar-refractivity contribution in [2.75, 3.05) is 0 Å². The van der Waals surface area contributed by atoms with E-state index in [1.54, 1.807) is 0 Å². The van der Waals surface area contributed by atoms with E-state index in [0.717, 1.165) is 38.5 Å². The van der Waals surface area contributed by atoms with Crippen LogP contribution in [0.25, 0.3) is 0 Å². The quantitative estimate of drug-likeness (QED) is 0.366. The zero-order valence-electron chi connectivity index (χ0n) is 12.4. The highest BCUT2D eigenvalue weighted by Gasteiger charge is 1.96. The molecular formula is C16H28O4. The Hall–Kier alpha value is -1.32. The molecule has 0 aromatic rings. The van der Waals surface area contributed by atoms with Gasteiger partial charge in [0.1, 0.15) is 0 Å². The van der Waals surface area contributed by atoms with Crippen LogP contribution in [-0.4, -0.2) is 22.2 Å². The topological polar surface area (TPSA) is 74.6 Å². The van der Waals surface area contributed by atoms with Crippen LogP contribution in [0.4, 0.5) is 0 Å². The number of allylic oxidation sites excluding steroid dienone is 2. The molecule has 4 heteroatoms. The van der Waals surface area contributed by atoms with Crippen LogP contribution in [-0.2, 0) is 9.59 Å². The number of hydrogen-bond donors (Lipinski definition) is 2. The van der Waals surface area contributed by atoms with Gasteiger partial charge in [0.15, 0.2) is 0 Å². The largest absolute Gasteiger partial charge is 0.481 e. The smallest absolute Gasteiger partial charge is 0.303 e. The molecule has 0 rings (SSSR count). The highest BCUT2D eigenvalue weighted by atomic mass is 16.4. The summed E-state index contributed by atoms with van der Waals surface area (Å²) < 4.78 is 0. The van der Waals surface area contributed by atoms with Gasteiger partial charge in [-0.15, -0.1) is 0 Å². The molecule has 0 aliphatic heterocycles. The molecule has 0 spiro atoms. The van der Waals surface area contributed by atoms with Gasteiger partial charge < -0.3 is 10.2 Å². The van der Waals surface area contributed by atoms with Gasteiger partial charge in [-0.3, -0.25) is 9.59 Å². The second-order valence-corrected chi connectivity index (χ2v) is 5.16. The number of rotatable bonds is 14. The van der Waals surface area contributed by atoms with Crippen LogP contribution in [0.5, 0.6) is 0 Å². The first-order chi connectivity index (χ1) is 9.63. The Morgan fingerprint density at radius 2 is 1.00 bits per heavy atom. The predicted octanol–water partition coefficient (Wildman–Crippen LogP) is 4.39. The molecule has 0 fully saturated rings. The Bertz CT molecular complexity index is 284. The highest BCUT2D eigenvalue weighted by molar-refractivity contribution is 5.66. The van der Waals surface area contributed by atoms with Gasteiger partial charge in [0, 0.05) is 12.8 Å². The summed E-state index contributed by atoms with van der Waals surface area (Å²) in [7, 11) is 0. The molecule has 0 radical (unpaired) electrons. The number of carboxylic acids is 2. The van der Waals surface area contributed by atoms with Crippen LogP contribution in [0.15, 0.2) is 12.2 Å². The number of hydrogen-bond acceptors (Lipinski definition) is 2. The number of carbonyl (C=O) groups is 2. The van der Waals surface area contributed by atoms with Crippen LogP contribution < -0.4 is 0 Å². The SMILES string of the molecule is O=C(O)CCC/C=C\CCCCCCCCCC(=O)O. The summed E-state index contributed by atoms with van der Waals surface area (Å²) in [6.07, 6.45) is 15.2. The minimum atomic E-state index is -0.721. The van der Waals surface area contributed by atoms with E-state index in [2.05, 4.69) is 12.2 Å². The normalized spacial score (nSPS) is 11.0. The lowest BCUT2D eigenvalue weighted by molar-refractivity contribution is -0.138. The van der Waals surface area contributed by atoms with Crippen LogP contribution >= 0.6 is 0 Å². The fourth-order valence-electron chi connectivity index (χ4n) is 2.03. The monoisotopic (exact) mass is 284 g/mol. The molecule has 20 heavy (non-hydrogen) atoms. The lowest BCUT2D eigenvalue weighted by atomic mass is 10.1. The molecule has 0 heterocycles.